The predicted molar refractivity (Wildman–Crippen MR) is 128 cm³/mol. The van der Waals surface area contributed by atoms with Gasteiger partial charge in [0.25, 0.3) is 0 Å². The molecule has 4 heterocycles. The van der Waals surface area contributed by atoms with Gasteiger partial charge in [-0.15, -0.1) is 0 Å². The van der Waals surface area contributed by atoms with Gasteiger partial charge in [0, 0.05) is 17.4 Å². The number of fused-ring (bicyclic) bond motifs is 2. The van der Waals surface area contributed by atoms with Crippen LogP contribution in [0.4, 0.5) is 15.9 Å². The number of methoxy groups -OCH3 is 1. The molecule has 0 saturated carbocycles. The van der Waals surface area contributed by atoms with Crippen LogP contribution in [0.15, 0.2) is 41.7 Å². The molecule has 10 nitrogen and oxygen atoms in total. The number of anilines is 2. The van der Waals surface area contributed by atoms with Crippen molar-refractivity contribution in [3.8, 4) is 5.88 Å². The van der Waals surface area contributed by atoms with Crippen molar-refractivity contribution in [2.75, 3.05) is 25.6 Å². The average Bonchev–Trinajstić information content (AvgIpc) is 3.24. The first kappa shape index (κ1) is 22.7. The highest BCUT2D eigenvalue weighted by molar-refractivity contribution is 8.26. The van der Waals surface area contributed by atoms with Crippen LogP contribution in [-0.2, 0) is 10.3 Å². The second-order valence-electron chi connectivity index (χ2n) is 8.79. The van der Waals surface area contributed by atoms with E-state index in [1.807, 2.05) is 0 Å². The number of hydrogen-bond acceptors (Lipinski definition) is 10. The minimum absolute atomic E-state index is 0.0253. The van der Waals surface area contributed by atoms with Gasteiger partial charge in [-0.3, -0.25) is 14.1 Å². The number of aliphatic imine (C=N–C) groups is 1. The molecule has 2 aliphatic rings. The first-order valence-corrected chi connectivity index (χ1v) is 12.1. The molecule has 5 rings (SSSR count). The average molecular weight is 489 g/mol. The number of amidine groups is 1. The fourth-order valence-electron chi connectivity index (χ4n) is 4.38. The van der Waals surface area contributed by atoms with Gasteiger partial charge in [0.05, 0.1) is 32.0 Å². The lowest BCUT2D eigenvalue weighted by Gasteiger charge is -2.56. The van der Waals surface area contributed by atoms with E-state index in [2.05, 4.69) is 25.3 Å². The van der Waals surface area contributed by atoms with E-state index in [4.69, 9.17) is 15.2 Å². The third-order valence-electron chi connectivity index (χ3n) is 6.55. The smallest absolute Gasteiger partial charge is 0.232 e. The Morgan fingerprint density at radius 3 is 2.82 bits per heavy atom. The van der Waals surface area contributed by atoms with Crippen LogP contribution in [0, 0.1) is 5.82 Å². The number of nitrogens with zero attached hydrogens (tertiary/aromatic N) is 4. The first-order chi connectivity index (χ1) is 16.1. The normalized spacial score (nSPS) is 25.9. The van der Waals surface area contributed by atoms with Gasteiger partial charge < -0.3 is 20.5 Å². The Kier molecular flexibility index (Phi) is 5.17. The third-order valence-corrected chi connectivity index (χ3v) is 9.58. The number of nitrogens with one attached hydrogen (secondary N) is 1. The molecule has 2 aromatic heterocycles. The minimum Gasteiger partial charge on any atom is -0.480 e. The Hall–Kier alpha value is -3.06. The van der Waals surface area contributed by atoms with E-state index in [1.54, 1.807) is 38.2 Å². The van der Waals surface area contributed by atoms with Gasteiger partial charge >= 0.3 is 0 Å². The number of pyridine rings is 1. The van der Waals surface area contributed by atoms with E-state index in [1.165, 1.54) is 19.4 Å². The SMILES string of the molecule is COc1cnc2c(Nc3ccc(F)c([C@]45COC[C@H]4S(O)(O)C(C)(C)C(N)=N5)c3)nccc2n1. The molecule has 2 aliphatic heterocycles. The van der Waals surface area contributed by atoms with E-state index in [0.717, 1.165) is 0 Å². The van der Waals surface area contributed by atoms with Crippen LogP contribution in [-0.4, -0.2) is 60.2 Å². The zero-order valence-corrected chi connectivity index (χ0v) is 19.6. The Bertz CT molecular complexity index is 1320. The number of rotatable bonds is 4. The van der Waals surface area contributed by atoms with Crippen LogP contribution in [0.3, 0.4) is 0 Å². The molecule has 3 aromatic rings. The molecule has 0 radical (unpaired) electrons. The van der Waals surface area contributed by atoms with Crippen molar-refractivity contribution in [2.45, 2.75) is 29.4 Å². The first-order valence-electron chi connectivity index (χ1n) is 10.5. The summed E-state index contributed by atoms with van der Waals surface area (Å²) in [4.78, 5) is 17.7. The fourth-order valence-corrected chi connectivity index (χ4v) is 6.53. The molecule has 1 aromatic carbocycles. The largest absolute Gasteiger partial charge is 0.480 e. The summed E-state index contributed by atoms with van der Waals surface area (Å²) in [7, 11) is -1.82. The molecular formula is C22H25FN6O4S. The molecule has 0 bridgehead atoms. The standard InChI is InChI=1S/C22H25FN6O4S/c1-21(2)20(24)29-22(11-33-10-16(22)34(21,30)31)13-8-12(4-5-14(13)23)27-19-18-15(6-7-25-19)28-17(32-3)9-26-18/h4-9,16,30-31H,10-11H2,1-3H3,(H2,24,29)(H,25,27)/t16-,22-/m1/s1. The maximum atomic E-state index is 15.2. The molecule has 5 N–H and O–H groups in total. The van der Waals surface area contributed by atoms with E-state index < -0.39 is 31.9 Å². The second kappa shape index (κ2) is 7.73. The van der Waals surface area contributed by atoms with Crippen molar-refractivity contribution in [1.82, 2.24) is 15.0 Å². The number of halogens is 1. The molecule has 0 amide bonds. The number of aromatic nitrogens is 3. The Morgan fingerprint density at radius 2 is 2.06 bits per heavy atom. The number of benzene rings is 1. The molecule has 1 fully saturated rings. The third kappa shape index (κ3) is 3.21. The molecular weight excluding hydrogens is 463 g/mol. The summed E-state index contributed by atoms with van der Waals surface area (Å²) >= 11 is 0. The van der Waals surface area contributed by atoms with Gasteiger partial charge in [-0.2, -0.15) is 10.6 Å². The van der Waals surface area contributed by atoms with Crippen LogP contribution < -0.4 is 15.8 Å². The highest BCUT2D eigenvalue weighted by atomic mass is 32.3. The van der Waals surface area contributed by atoms with Gasteiger partial charge in [0.15, 0.2) is 5.82 Å². The van der Waals surface area contributed by atoms with Gasteiger partial charge in [-0.1, -0.05) is 0 Å². The minimum atomic E-state index is -3.33. The van der Waals surface area contributed by atoms with Crippen molar-refractivity contribution < 1.29 is 23.0 Å². The zero-order chi connectivity index (χ0) is 24.3. The van der Waals surface area contributed by atoms with Crippen LogP contribution in [0.5, 0.6) is 5.88 Å². The highest BCUT2D eigenvalue weighted by Gasteiger charge is 2.61. The lowest BCUT2D eigenvalue weighted by molar-refractivity contribution is 0.178. The van der Waals surface area contributed by atoms with Gasteiger partial charge in [0.2, 0.25) is 5.88 Å². The summed E-state index contributed by atoms with van der Waals surface area (Å²) in [6, 6.07) is 6.12. The molecule has 0 unspecified atom stereocenters. The van der Waals surface area contributed by atoms with Crippen LogP contribution >= 0.6 is 10.6 Å². The summed E-state index contributed by atoms with van der Waals surface area (Å²) in [5, 5.41) is 2.31. The topological polar surface area (TPSA) is 148 Å². The number of hydrogen-bond donors (Lipinski definition) is 4. The fraction of sp³-hybridized carbons (Fsp3) is 0.364. The maximum Gasteiger partial charge on any atom is 0.232 e. The molecule has 1 saturated heterocycles. The van der Waals surface area contributed by atoms with Crippen molar-refractivity contribution in [3.63, 3.8) is 0 Å². The number of ether oxygens (including phenoxy) is 2. The van der Waals surface area contributed by atoms with Crippen molar-refractivity contribution in [2.24, 2.45) is 10.7 Å². The Morgan fingerprint density at radius 1 is 1.26 bits per heavy atom. The Labute approximate surface area is 196 Å². The lowest BCUT2D eigenvalue weighted by Crippen LogP contribution is -2.57. The zero-order valence-electron chi connectivity index (χ0n) is 18.8. The molecule has 12 heteroatoms. The van der Waals surface area contributed by atoms with E-state index in [-0.39, 0.29) is 24.6 Å². The quantitative estimate of drug-likeness (QED) is 0.433. The van der Waals surface area contributed by atoms with Crippen LogP contribution in [0.1, 0.15) is 19.4 Å². The number of nitrogens with two attached hydrogens (primary N) is 1. The summed E-state index contributed by atoms with van der Waals surface area (Å²) < 4.78 is 47.1. The van der Waals surface area contributed by atoms with Gasteiger partial charge in [-0.05, 0) is 38.1 Å². The van der Waals surface area contributed by atoms with E-state index in [9.17, 15) is 9.11 Å². The molecule has 34 heavy (non-hydrogen) atoms. The monoisotopic (exact) mass is 488 g/mol. The maximum absolute atomic E-state index is 15.2. The van der Waals surface area contributed by atoms with Crippen molar-refractivity contribution >= 4 is 39.0 Å². The summed E-state index contributed by atoms with van der Waals surface area (Å²) in [6.45, 7) is 3.25. The molecule has 2 atom stereocenters. The van der Waals surface area contributed by atoms with Gasteiger partial charge in [0.1, 0.15) is 32.7 Å². The summed E-state index contributed by atoms with van der Waals surface area (Å²) in [5.74, 6) is 0.281. The van der Waals surface area contributed by atoms with E-state index in [0.29, 0.717) is 28.4 Å². The van der Waals surface area contributed by atoms with Gasteiger partial charge in [-0.25, -0.2) is 19.3 Å². The van der Waals surface area contributed by atoms with Crippen molar-refractivity contribution in [1.29, 1.82) is 0 Å². The molecule has 0 aliphatic carbocycles. The summed E-state index contributed by atoms with van der Waals surface area (Å²) in [5.41, 5.74) is 6.56. The second-order valence-corrected chi connectivity index (χ2v) is 11.6. The predicted octanol–water partition coefficient (Wildman–Crippen LogP) is 3.41. The van der Waals surface area contributed by atoms with E-state index >= 15 is 4.39 Å². The Balaban J connectivity index is 1.60. The highest BCUT2D eigenvalue weighted by Crippen LogP contribution is 2.66. The van der Waals surface area contributed by atoms with Crippen molar-refractivity contribution in [3.05, 3.63) is 48.0 Å². The van der Waals surface area contributed by atoms with Crippen LogP contribution in [0.2, 0.25) is 0 Å². The van der Waals surface area contributed by atoms with Crippen LogP contribution in [0.25, 0.3) is 11.0 Å². The molecule has 0 spiro atoms. The summed E-state index contributed by atoms with van der Waals surface area (Å²) in [6.07, 6.45) is 3.06. The molecule has 180 valence electrons. The lowest BCUT2D eigenvalue weighted by atomic mass is 9.87.